The van der Waals surface area contributed by atoms with E-state index in [2.05, 4.69) is 5.32 Å². The smallest absolute Gasteiger partial charge is 0.338 e. The Morgan fingerprint density at radius 1 is 1.40 bits per heavy atom. The first-order valence-corrected chi connectivity index (χ1v) is 8.65. The second-order valence-electron chi connectivity index (χ2n) is 6.17. The molecule has 1 heterocycles. The van der Waals surface area contributed by atoms with Gasteiger partial charge in [0.05, 0.1) is 18.2 Å². The number of benzene rings is 1. The zero-order chi connectivity index (χ0) is 18.0. The molecule has 1 aromatic rings. The van der Waals surface area contributed by atoms with Crippen LogP contribution in [0.15, 0.2) is 35.5 Å². The number of esters is 1. The van der Waals surface area contributed by atoms with Crippen LogP contribution in [0.5, 0.6) is 0 Å². The molecule has 1 saturated carbocycles. The molecule has 0 bridgehead atoms. The quantitative estimate of drug-likeness (QED) is 0.476. The van der Waals surface area contributed by atoms with Crippen LogP contribution >= 0.6 is 12.2 Å². The average Bonchev–Trinajstić information content (AvgIpc) is 3.39. The number of nitrogens with zero attached hydrogens (tertiary/aromatic N) is 1. The van der Waals surface area contributed by atoms with Crippen LogP contribution in [-0.4, -0.2) is 42.3 Å². The Hall–Kier alpha value is -1.99. The van der Waals surface area contributed by atoms with Crippen LogP contribution in [-0.2, 0) is 14.3 Å². The Bertz CT molecular complexity index is 718. The minimum absolute atomic E-state index is 0.163. The van der Waals surface area contributed by atoms with Gasteiger partial charge in [0, 0.05) is 18.8 Å². The van der Waals surface area contributed by atoms with Gasteiger partial charge in [-0.05, 0) is 49.7 Å². The van der Waals surface area contributed by atoms with Crippen LogP contribution < -0.4 is 5.32 Å². The Balaban J connectivity index is 1.97. The van der Waals surface area contributed by atoms with E-state index in [4.69, 9.17) is 21.7 Å². The van der Waals surface area contributed by atoms with Crippen LogP contribution in [0, 0.1) is 5.82 Å². The molecule has 0 saturated heterocycles. The highest BCUT2D eigenvalue weighted by Crippen LogP contribution is 2.38. The molecule has 0 spiro atoms. The number of carbonyl (C=O) groups is 1. The average molecular weight is 364 g/mol. The minimum Gasteiger partial charge on any atom is -0.460 e. The van der Waals surface area contributed by atoms with Crippen molar-refractivity contribution in [2.45, 2.75) is 31.8 Å². The van der Waals surface area contributed by atoms with E-state index in [1.807, 2.05) is 11.8 Å². The lowest BCUT2D eigenvalue weighted by atomic mass is 9.95. The lowest BCUT2D eigenvalue weighted by Gasteiger charge is -2.37. The molecule has 1 fully saturated rings. The second-order valence-corrected chi connectivity index (χ2v) is 6.55. The summed E-state index contributed by atoms with van der Waals surface area (Å²) in [6.07, 6.45) is 2.07. The summed E-state index contributed by atoms with van der Waals surface area (Å²) < 4.78 is 24.0. The topological polar surface area (TPSA) is 50.8 Å². The Kier molecular flexibility index (Phi) is 5.34. The Morgan fingerprint density at radius 2 is 2.16 bits per heavy atom. The van der Waals surface area contributed by atoms with Crippen molar-refractivity contribution in [2.24, 2.45) is 0 Å². The summed E-state index contributed by atoms with van der Waals surface area (Å²) >= 11 is 5.49. The van der Waals surface area contributed by atoms with Gasteiger partial charge in [0.2, 0.25) is 0 Å². The van der Waals surface area contributed by atoms with Crippen LogP contribution in [0.3, 0.4) is 0 Å². The van der Waals surface area contributed by atoms with Crippen LogP contribution in [0.2, 0.25) is 0 Å². The highest BCUT2D eigenvalue weighted by molar-refractivity contribution is 7.80. The lowest BCUT2D eigenvalue weighted by Crippen LogP contribution is -2.48. The zero-order valence-corrected chi connectivity index (χ0v) is 15.1. The highest BCUT2D eigenvalue weighted by atomic mass is 32.1. The van der Waals surface area contributed by atoms with Gasteiger partial charge in [0.15, 0.2) is 5.11 Å². The fourth-order valence-electron chi connectivity index (χ4n) is 3.03. The maximum absolute atomic E-state index is 13.7. The molecule has 25 heavy (non-hydrogen) atoms. The van der Waals surface area contributed by atoms with Crippen LogP contribution in [0.4, 0.5) is 4.39 Å². The molecule has 1 N–H and O–H groups in total. The van der Waals surface area contributed by atoms with Gasteiger partial charge in [0.1, 0.15) is 12.4 Å². The minimum atomic E-state index is -0.534. The van der Waals surface area contributed by atoms with Crippen LogP contribution in [0.1, 0.15) is 31.4 Å². The molecule has 1 aliphatic heterocycles. The number of allylic oxidation sites excluding steroid dienone is 1. The van der Waals surface area contributed by atoms with E-state index >= 15 is 0 Å². The molecule has 7 heteroatoms. The van der Waals surface area contributed by atoms with Crippen molar-refractivity contribution in [3.05, 3.63) is 46.9 Å². The van der Waals surface area contributed by atoms with Gasteiger partial charge in [-0.2, -0.15) is 0 Å². The molecule has 0 unspecified atom stereocenters. The molecule has 2 aliphatic rings. The van der Waals surface area contributed by atoms with E-state index in [0.29, 0.717) is 28.9 Å². The number of rotatable bonds is 6. The summed E-state index contributed by atoms with van der Waals surface area (Å²) in [7, 11) is 1.54. The zero-order valence-electron chi connectivity index (χ0n) is 14.3. The van der Waals surface area contributed by atoms with Crippen molar-refractivity contribution < 1.29 is 18.7 Å². The highest BCUT2D eigenvalue weighted by Gasteiger charge is 2.40. The molecule has 1 atom stereocenters. The SMILES string of the molecule is COCCOC(=O)C1=C(C)N(C2CC2)C(=S)N[C@H]1c1cccc(F)c1. The van der Waals surface area contributed by atoms with Crippen molar-refractivity contribution in [3.63, 3.8) is 0 Å². The number of thiocarbonyl (C=S) groups is 1. The first-order valence-electron chi connectivity index (χ1n) is 8.25. The molecule has 0 amide bonds. The van der Waals surface area contributed by atoms with E-state index in [-0.39, 0.29) is 12.4 Å². The monoisotopic (exact) mass is 364 g/mol. The molecule has 1 aromatic carbocycles. The maximum Gasteiger partial charge on any atom is 0.338 e. The molecular formula is C18H21FN2O3S. The molecule has 3 rings (SSSR count). The molecule has 134 valence electrons. The van der Waals surface area contributed by atoms with Gasteiger partial charge in [-0.25, -0.2) is 9.18 Å². The van der Waals surface area contributed by atoms with E-state index < -0.39 is 12.0 Å². The first kappa shape index (κ1) is 17.8. The number of nitrogens with one attached hydrogen (secondary N) is 1. The summed E-state index contributed by atoms with van der Waals surface area (Å²) in [5.41, 5.74) is 1.86. The van der Waals surface area contributed by atoms with Gasteiger partial charge >= 0.3 is 5.97 Å². The van der Waals surface area contributed by atoms with Crippen molar-refractivity contribution in [2.75, 3.05) is 20.3 Å². The summed E-state index contributed by atoms with van der Waals surface area (Å²) in [5, 5.41) is 3.74. The maximum atomic E-state index is 13.7. The number of hydrogen-bond acceptors (Lipinski definition) is 4. The third-order valence-electron chi connectivity index (χ3n) is 4.36. The van der Waals surface area contributed by atoms with E-state index in [1.54, 1.807) is 19.2 Å². The number of halogens is 1. The van der Waals surface area contributed by atoms with Crippen molar-refractivity contribution in [1.82, 2.24) is 10.2 Å². The van der Waals surface area contributed by atoms with Gasteiger partial charge in [-0.1, -0.05) is 12.1 Å². The van der Waals surface area contributed by atoms with E-state index in [0.717, 1.165) is 18.5 Å². The van der Waals surface area contributed by atoms with Gasteiger partial charge in [0.25, 0.3) is 0 Å². The number of carbonyl (C=O) groups excluding carboxylic acids is 1. The summed E-state index contributed by atoms with van der Waals surface area (Å²) in [6, 6.07) is 5.94. The standard InChI is InChI=1S/C18H21FN2O3S/c1-11-15(17(22)24-9-8-23-2)16(12-4-3-5-13(19)10-12)20-18(25)21(11)14-6-7-14/h3-5,10,14,16H,6-9H2,1-2H3,(H,20,25)/t16-/m0/s1. The second kappa shape index (κ2) is 7.49. The van der Waals surface area contributed by atoms with Gasteiger partial charge in [-0.15, -0.1) is 0 Å². The molecule has 0 radical (unpaired) electrons. The third kappa shape index (κ3) is 3.82. The number of ether oxygens (including phenoxy) is 2. The van der Waals surface area contributed by atoms with Crippen molar-refractivity contribution in [3.8, 4) is 0 Å². The fraction of sp³-hybridized carbons (Fsp3) is 0.444. The first-order chi connectivity index (χ1) is 12.0. The predicted octanol–water partition coefficient (Wildman–Crippen LogP) is 2.68. The van der Waals surface area contributed by atoms with Crippen LogP contribution in [0.25, 0.3) is 0 Å². The largest absolute Gasteiger partial charge is 0.460 e. The Morgan fingerprint density at radius 3 is 2.80 bits per heavy atom. The van der Waals surface area contributed by atoms with Gasteiger partial charge < -0.3 is 19.7 Å². The number of methoxy groups -OCH3 is 1. The summed E-state index contributed by atoms with van der Waals surface area (Å²) in [6.45, 7) is 2.35. The number of hydrogen-bond donors (Lipinski definition) is 1. The summed E-state index contributed by atoms with van der Waals surface area (Å²) in [5.74, 6) is -0.802. The molecule has 5 nitrogen and oxygen atoms in total. The van der Waals surface area contributed by atoms with E-state index in [9.17, 15) is 9.18 Å². The third-order valence-corrected chi connectivity index (χ3v) is 4.68. The fourth-order valence-corrected chi connectivity index (χ4v) is 3.43. The summed E-state index contributed by atoms with van der Waals surface area (Å²) in [4.78, 5) is 14.7. The molecular weight excluding hydrogens is 343 g/mol. The lowest BCUT2D eigenvalue weighted by molar-refractivity contribution is -0.140. The van der Waals surface area contributed by atoms with Crippen molar-refractivity contribution in [1.29, 1.82) is 0 Å². The Labute approximate surface area is 151 Å². The van der Waals surface area contributed by atoms with Crippen molar-refractivity contribution >= 4 is 23.3 Å². The predicted molar refractivity (Wildman–Crippen MR) is 95.3 cm³/mol. The van der Waals surface area contributed by atoms with E-state index in [1.165, 1.54) is 12.1 Å². The normalized spacial score (nSPS) is 20.5. The van der Waals surface area contributed by atoms with Gasteiger partial charge in [-0.3, -0.25) is 0 Å². The molecule has 1 aliphatic carbocycles. The molecule has 0 aromatic heterocycles.